The maximum Gasteiger partial charge on any atom is 0.329 e. The molecule has 0 spiro atoms. The molecule has 132 valence electrons. The zero-order chi connectivity index (χ0) is 17.8. The highest BCUT2D eigenvalue weighted by Gasteiger charge is 2.15. The van der Waals surface area contributed by atoms with Gasteiger partial charge in [0.25, 0.3) is 0 Å². The molecule has 0 saturated heterocycles. The molecule has 0 aliphatic carbocycles. The molecule has 0 radical (unpaired) electrons. The molecular weight excluding hydrogens is 323 g/mol. The lowest BCUT2D eigenvalue weighted by molar-refractivity contribution is 0.0924. The van der Waals surface area contributed by atoms with E-state index in [0.717, 1.165) is 17.5 Å². The van der Waals surface area contributed by atoms with Gasteiger partial charge in [-0.3, -0.25) is 9.13 Å². The third kappa shape index (κ3) is 3.74. The van der Waals surface area contributed by atoms with Crippen LogP contribution in [0.4, 0.5) is 4.39 Å². The topological polar surface area (TPSA) is 56.4 Å². The van der Waals surface area contributed by atoms with E-state index in [1.807, 2.05) is 31.2 Å². The quantitative estimate of drug-likeness (QED) is 0.717. The van der Waals surface area contributed by atoms with Gasteiger partial charge in [0, 0.05) is 6.54 Å². The lowest BCUT2D eigenvalue weighted by Gasteiger charge is -2.13. The molecule has 3 rings (SSSR count). The van der Waals surface area contributed by atoms with Crippen molar-refractivity contribution >= 4 is 11.0 Å². The Morgan fingerprint density at radius 2 is 1.72 bits per heavy atom. The maximum absolute atomic E-state index is 12.9. The maximum atomic E-state index is 12.9. The van der Waals surface area contributed by atoms with Crippen LogP contribution in [0.5, 0.6) is 5.75 Å². The summed E-state index contributed by atoms with van der Waals surface area (Å²) in [6.45, 7) is 2.81. The van der Waals surface area contributed by atoms with E-state index in [4.69, 9.17) is 4.74 Å². The second kappa shape index (κ2) is 7.53. The molecule has 0 unspecified atom stereocenters. The van der Waals surface area contributed by atoms with Crippen LogP contribution in [-0.4, -0.2) is 27.0 Å². The van der Waals surface area contributed by atoms with Crippen molar-refractivity contribution in [3.63, 3.8) is 0 Å². The largest absolute Gasteiger partial charge is 0.491 e. The van der Waals surface area contributed by atoms with E-state index in [9.17, 15) is 14.3 Å². The Hall–Kier alpha value is -2.60. The van der Waals surface area contributed by atoms with Gasteiger partial charge in [-0.15, -0.1) is 0 Å². The number of hydrogen-bond donors (Lipinski definition) is 1. The molecule has 1 N–H and O–H groups in total. The second-order valence-corrected chi connectivity index (χ2v) is 5.95. The number of hydrogen-bond acceptors (Lipinski definition) is 3. The molecule has 1 heterocycles. The molecule has 5 nitrogen and oxygen atoms in total. The molecule has 2 aromatic carbocycles. The number of benzene rings is 2. The van der Waals surface area contributed by atoms with Crippen molar-refractivity contribution < 1.29 is 14.2 Å². The van der Waals surface area contributed by atoms with Crippen LogP contribution < -0.4 is 10.4 Å². The molecule has 0 amide bonds. The summed E-state index contributed by atoms with van der Waals surface area (Å²) < 4.78 is 21.6. The lowest BCUT2D eigenvalue weighted by Crippen LogP contribution is -2.31. The zero-order valence-corrected chi connectivity index (χ0v) is 14.1. The van der Waals surface area contributed by atoms with Gasteiger partial charge in [0.1, 0.15) is 24.3 Å². The molecule has 0 bridgehead atoms. The van der Waals surface area contributed by atoms with Gasteiger partial charge in [0.15, 0.2) is 0 Å². The van der Waals surface area contributed by atoms with E-state index >= 15 is 0 Å². The summed E-state index contributed by atoms with van der Waals surface area (Å²) in [6, 6.07) is 13.1. The number of aliphatic hydroxyl groups excluding tert-OH is 1. The number of aliphatic hydroxyl groups is 1. The molecule has 0 fully saturated rings. The first kappa shape index (κ1) is 17.2. The summed E-state index contributed by atoms with van der Waals surface area (Å²) in [5.41, 5.74) is 1.52. The number of para-hydroxylation sites is 2. The SMILES string of the molecule is CCCn1c(=O)n(C[C@H](O)COc2ccc(F)cc2)c2ccccc21. The van der Waals surface area contributed by atoms with Crippen molar-refractivity contribution in [1.29, 1.82) is 0 Å². The van der Waals surface area contributed by atoms with Crippen LogP contribution in [-0.2, 0) is 13.1 Å². The smallest absolute Gasteiger partial charge is 0.329 e. The minimum Gasteiger partial charge on any atom is -0.491 e. The summed E-state index contributed by atoms with van der Waals surface area (Å²) in [7, 11) is 0. The van der Waals surface area contributed by atoms with Crippen molar-refractivity contribution in [2.45, 2.75) is 32.5 Å². The molecule has 6 heteroatoms. The number of aromatic nitrogens is 2. The van der Waals surface area contributed by atoms with Crippen LogP contribution in [0.15, 0.2) is 53.3 Å². The van der Waals surface area contributed by atoms with Crippen LogP contribution in [0.3, 0.4) is 0 Å². The minimum absolute atomic E-state index is 0.0192. The Morgan fingerprint density at radius 3 is 2.36 bits per heavy atom. The first-order valence-corrected chi connectivity index (χ1v) is 8.34. The van der Waals surface area contributed by atoms with Crippen LogP contribution in [0.2, 0.25) is 0 Å². The number of halogens is 1. The molecule has 1 aromatic heterocycles. The Morgan fingerprint density at radius 1 is 1.08 bits per heavy atom. The first-order chi connectivity index (χ1) is 12.1. The molecule has 0 aliphatic rings. The summed E-state index contributed by atoms with van der Waals surface area (Å²) in [4.78, 5) is 12.7. The molecule has 1 atom stereocenters. The van der Waals surface area contributed by atoms with Crippen molar-refractivity contribution in [2.75, 3.05) is 6.61 Å². The molecule has 3 aromatic rings. The van der Waals surface area contributed by atoms with E-state index in [0.29, 0.717) is 12.3 Å². The standard InChI is InChI=1S/C19H21FN2O3/c1-2-11-21-17-5-3-4-6-18(17)22(19(21)24)12-15(23)13-25-16-9-7-14(20)8-10-16/h3-10,15,23H,2,11-13H2,1H3/t15-/m0/s1. The van der Waals surface area contributed by atoms with Crippen LogP contribution in [0, 0.1) is 5.82 Å². The van der Waals surface area contributed by atoms with E-state index in [1.54, 1.807) is 9.13 Å². The highest BCUT2D eigenvalue weighted by atomic mass is 19.1. The summed E-state index contributed by atoms with van der Waals surface area (Å²) in [5, 5.41) is 10.3. The number of imidazole rings is 1. The second-order valence-electron chi connectivity index (χ2n) is 5.95. The van der Waals surface area contributed by atoms with Gasteiger partial charge in [0.2, 0.25) is 0 Å². The summed E-state index contributed by atoms with van der Waals surface area (Å²) in [5.74, 6) is 0.129. The van der Waals surface area contributed by atoms with Crippen LogP contribution >= 0.6 is 0 Å². The molecule has 0 aliphatic heterocycles. The highest BCUT2D eigenvalue weighted by Crippen LogP contribution is 2.15. The fourth-order valence-electron chi connectivity index (χ4n) is 2.88. The van der Waals surface area contributed by atoms with E-state index in [-0.39, 0.29) is 24.7 Å². The lowest BCUT2D eigenvalue weighted by atomic mass is 10.3. The van der Waals surface area contributed by atoms with Crippen LogP contribution in [0.25, 0.3) is 11.0 Å². The molecule has 0 saturated carbocycles. The normalized spacial score (nSPS) is 12.4. The van der Waals surface area contributed by atoms with E-state index in [2.05, 4.69) is 0 Å². The van der Waals surface area contributed by atoms with Crippen molar-refractivity contribution in [1.82, 2.24) is 9.13 Å². The van der Waals surface area contributed by atoms with E-state index < -0.39 is 6.10 Å². The summed E-state index contributed by atoms with van der Waals surface area (Å²) >= 11 is 0. The molecule has 25 heavy (non-hydrogen) atoms. The van der Waals surface area contributed by atoms with Gasteiger partial charge in [-0.25, -0.2) is 9.18 Å². The number of fused-ring (bicyclic) bond motifs is 1. The first-order valence-electron chi connectivity index (χ1n) is 8.34. The van der Waals surface area contributed by atoms with Gasteiger partial charge >= 0.3 is 5.69 Å². The van der Waals surface area contributed by atoms with Gasteiger partial charge < -0.3 is 9.84 Å². The van der Waals surface area contributed by atoms with Gasteiger partial charge in [0.05, 0.1) is 17.6 Å². The Kier molecular flexibility index (Phi) is 5.19. The van der Waals surface area contributed by atoms with Crippen molar-refractivity contribution in [3.05, 3.63) is 64.8 Å². The predicted octanol–water partition coefficient (Wildman–Crippen LogP) is 2.79. The number of nitrogens with zero attached hydrogens (tertiary/aromatic N) is 2. The predicted molar refractivity (Wildman–Crippen MR) is 94.4 cm³/mol. The average molecular weight is 344 g/mol. The van der Waals surface area contributed by atoms with Crippen molar-refractivity contribution in [3.8, 4) is 5.75 Å². The van der Waals surface area contributed by atoms with Gasteiger partial charge in [-0.05, 0) is 42.8 Å². The minimum atomic E-state index is -0.858. The number of rotatable bonds is 7. The monoisotopic (exact) mass is 344 g/mol. The number of aryl methyl sites for hydroxylation is 1. The number of ether oxygens (including phenoxy) is 1. The summed E-state index contributed by atoms with van der Waals surface area (Å²) in [6.07, 6.45) is -0.00641. The van der Waals surface area contributed by atoms with E-state index in [1.165, 1.54) is 24.3 Å². The zero-order valence-electron chi connectivity index (χ0n) is 14.1. The van der Waals surface area contributed by atoms with Crippen LogP contribution in [0.1, 0.15) is 13.3 Å². The fourth-order valence-corrected chi connectivity index (χ4v) is 2.88. The Labute approximate surface area is 144 Å². The third-order valence-corrected chi connectivity index (χ3v) is 4.02. The fraction of sp³-hybridized carbons (Fsp3) is 0.316. The highest BCUT2D eigenvalue weighted by molar-refractivity contribution is 5.76. The Balaban J connectivity index is 1.76. The molecular formula is C19H21FN2O3. The van der Waals surface area contributed by atoms with Gasteiger partial charge in [-0.2, -0.15) is 0 Å². The average Bonchev–Trinajstić information content (AvgIpc) is 2.88. The third-order valence-electron chi connectivity index (χ3n) is 4.02. The van der Waals surface area contributed by atoms with Gasteiger partial charge in [-0.1, -0.05) is 19.1 Å². The van der Waals surface area contributed by atoms with Crippen molar-refractivity contribution in [2.24, 2.45) is 0 Å². The Bertz CT molecular complexity index is 899.